The van der Waals surface area contributed by atoms with Crippen LogP contribution in [0, 0.1) is 10.1 Å². The van der Waals surface area contributed by atoms with Crippen LogP contribution >= 0.6 is 0 Å². The summed E-state index contributed by atoms with van der Waals surface area (Å²) in [5.74, 6) is 0. The molecule has 0 unspecified atom stereocenters. The molecule has 162 valence electrons. The highest BCUT2D eigenvalue weighted by molar-refractivity contribution is 5.73. The molecule has 7 nitrogen and oxygen atoms in total. The van der Waals surface area contributed by atoms with E-state index in [1.54, 1.807) is 24.5 Å². The third kappa shape index (κ3) is 6.24. The molecule has 2 heterocycles. The molecule has 0 spiro atoms. The van der Waals surface area contributed by atoms with Crippen molar-refractivity contribution < 1.29 is 10.0 Å². The Labute approximate surface area is 178 Å². The molecule has 7 heteroatoms. The van der Waals surface area contributed by atoms with E-state index in [0.29, 0.717) is 11.7 Å². The van der Waals surface area contributed by atoms with Crippen LogP contribution in [-0.2, 0) is 0 Å². The number of unbranched alkanes of at least 4 members (excludes halogenated alkanes) is 3. The Morgan fingerprint density at radius 1 is 1.17 bits per heavy atom. The topological polar surface area (TPSA) is 91.5 Å². The first-order chi connectivity index (χ1) is 14.7. The Hall–Kier alpha value is -2.51. The number of benzene rings is 1. The van der Waals surface area contributed by atoms with Crippen molar-refractivity contribution >= 4 is 11.4 Å². The maximum Gasteiger partial charge on any atom is 0.292 e. The lowest BCUT2D eigenvalue weighted by Gasteiger charge is -2.34. The number of aliphatic hydroxyl groups excluding tert-OH is 1. The molecule has 2 aromatic rings. The number of hydrogen-bond donors (Lipinski definition) is 2. The van der Waals surface area contributed by atoms with Crippen LogP contribution in [0.15, 0.2) is 42.7 Å². The summed E-state index contributed by atoms with van der Waals surface area (Å²) in [5, 5.41) is 24.2. The van der Waals surface area contributed by atoms with Gasteiger partial charge in [-0.3, -0.25) is 20.0 Å². The van der Waals surface area contributed by atoms with Crippen LogP contribution in [0.25, 0.3) is 11.1 Å². The molecule has 1 fully saturated rings. The van der Waals surface area contributed by atoms with Crippen LogP contribution < -0.4 is 5.32 Å². The van der Waals surface area contributed by atoms with E-state index in [9.17, 15) is 15.2 Å². The SMILES string of the molecule is O=[N+]([O-])c1cc(-c2cccnc2)ccc1NCCCCCCN1CCCC[C@@H]1CO. The molecule has 2 N–H and O–H groups in total. The molecule has 0 radical (unpaired) electrons. The van der Waals surface area contributed by atoms with Gasteiger partial charge >= 0.3 is 0 Å². The van der Waals surface area contributed by atoms with E-state index in [-0.39, 0.29) is 17.2 Å². The smallest absolute Gasteiger partial charge is 0.292 e. The minimum atomic E-state index is -0.335. The quantitative estimate of drug-likeness (QED) is 0.321. The molecule has 0 saturated carbocycles. The summed E-state index contributed by atoms with van der Waals surface area (Å²) < 4.78 is 0. The van der Waals surface area contributed by atoms with Crippen molar-refractivity contribution in [3.05, 3.63) is 52.8 Å². The van der Waals surface area contributed by atoms with Gasteiger partial charge in [-0.2, -0.15) is 0 Å². The Bertz CT molecular complexity index is 800. The number of nitro benzene ring substituents is 1. The van der Waals surface area contributed by atoms with Crippen molar-refractivity contribution in [3.63, 3.8) is 0 Å². The van der Waals surface area contributed by atoms with Crippen LogP contribution in [0.1, 0.15) is 44.9 Å². The van der Waals surface area contributed by atoms with Crippen molar-refractivity contribution in [1.82, 2.24) is 9.88 Å². The predicted octanol–water partition coefficient (Wildman–Crippen LogP) is 4.48. The summed E-state index contributed by atoms with van der Waals surface area (Å²) >= 11 is 0. The maximum atomic E-state index is 11.5. The largest absolute Gasteiger partial charge is 0.395 e. The minimum Gasteiger partial charge on any atom is -0.395 e. The van der Waals surface area contributed by atoms with Gasteiger partial charge in [0.05, 0.1) is 11.5 Å². The molecule has 1 aliphatic rings. The molecule has 30 heavy (non-hydrogen) atoms. The maximum absolute atomic E-state index is 11.5. The van der Waals surface area contributed by atoms with Gasteiger partial charge in [0.15, 0.2) is 0 Å². The van der Waals surface area contributed by atoms with Gasteiger partial charge in [-0.05, 0) is 56.5 Å². The molecular formula is C23H32N4O3. The predicted molar refractivity (Wildman–Crippen MR) is 120 cm³/mol. The van der Waals surface area contributed by atoms with Gasteiger partial charge < -0.3 is 10.4 Å². The van der Waals surface area contributed by atoms with Crippen LogP contribution in [0.5, 0.6) is 0 Å². The molecule has 0 aliphatic carbocycles. The first-order valence-corrected chi connectivity index (χ1v) is 11.0. The van der Waals surface area contributed by atoms with E-state index in [1.165, 1.54) is 12.8 Å². The summed E-state index contributed by atoms with van der Waals surface area (Å²) in [6, 6.07) is 9.34. The monoisotopic (exact) mass is 412 g/mol. The fourth-order valence-electron chi connectivity index (χ4n) is 4.12. The second-order valence-corrected chi connectivity index (χ2v) is 7.94. The Morgan fingerprint density at radius 2 is 2.03 bits per heavy atom. The van der Waals surface area contributed by atoms with Gasteiger partial charge in [-0.1, -0.05) is 31.4 Å². The van der Waals surface area contributed by atoms with Crippen LogP contribution in [0.2, 0.25) is 0 Å². The van der Waals surface area contributed by atoms with Crippen molar-refractivity contribution in [2.45, 2.75) is 51.0 Å². The molecule has 1 aromatic carbocycles. The van der Waals surface area contributed by atoms with E-state index in [2.05, 4.69) is 15.2 Å². The van der Waals surface area contributed by atoms with E-state index < -0.39 is 0 Å². The van der Waals surface area contributed by atoms with Gasteiger partial charge in [0.25, 0.3) is 5.69 Å². The summed E-state index contributed by atoms with van der Waals surface area (Å²) in [6.45, 7) is 3.14. The summed E-state index contributed by atoms with van der Waals surface area (Å²) in [7, 11) is 0. The number of piperidine rings is 1. The van der Waals surface area contributed by atoms with E-state index in [1.807, 2.05) is 18.2 Å². The van der Waals surface area contributed by atoms with Gasteiger partial charge in [0.2, 0.25) is 0 Å². The molecule has 1 aromatic heterocycles. The van der Waals surface area contributed by atoms with Crippen LogP contribution in [0.4, 0.5) is 11.4 Å². The first kappa shape index (κ1) is 22.2. The van der Waals surface area contributed by atoms with Crippen molar-refractivity contribution in [1.29, 1.82) is 0 Å². The lowest BCUT2D eigenvalue weighted by Crippen LogP contribution is -2.42. The molecule has 1 aliphatic heterocycles. The molecule has 3 rings (SSSR count). The van der Waals surface area contributed by atoms with Gasteiger partial charge in [-0.15, -0.1) is 0 Å². The van der Waals surface area contributed by atoms with E-state index in [0.717, 1.165) is 62.9 Å². The standard InChI is InChI=1S/C23H32N4O3/c28-18-21-9-3-6-15-26(21)14-5-2-1-4-13-25-22-11-10-19(16-23(22)27(29)30)20-8-7-12-24-17-20/h7-8,10-12,16-17,21,25,28H,1-6,9,13-15,18H2/t21-/m1/s1. The number of hydrogen-bond acceptors (Lipinski definition) is 6. The number of nitro groups is 1. The lowest BCUT2D eigenvalue weighted by molar-refractivity contribution is -0.383. The van der Waals surface area contributed by atoms with Crippen LogP contribution in [0.3, 0.4) is 0 Å². The number of pyridine rings is 1. The van der Waals surface area contributed by atoms with Crippen molar-refractivity contribution in [2.75, 3.05) is 31.6 Å². The highest BCUT2D eigenvalue weighted by Crippen LogP contribution is 2.30. The fraction of sp³-hybridized carbons (Fsp3) is 0.522. The Kier molecular flexibility index (Phi) is 8.59. The Balaban J connectivity index is 1.42. The Morgan fingerprint density at radius 3 is 2.80 bits per heavy atom. The highest BCUT2D eigenvalue weighted by Gasteiger charge is 2.20. The average Bonchev–Trinajstić information content (AvgIpc) is 2.79. The molecule has 0 amide bonds. The third-order valence-electron chi connectivity index (χ3n) is 5.84. The zero-order valence-electron chi connectivity index (χ0n) is 17.5. The normalized spacial score (nSPS) is 17.0. The van der Waals surface area contributed by atoms with E-state index >= 15 is 0 Å². The van der Waals surface area contributed by atoms with Crippen LogP contribution in [-0.4, -0.2) is 52.2 Å². The summed E-state index contributed by atoms with van der Waals surface area (Å²) in [5.41, 5.74) is 2.31. The number of rotatable bonds is 11. The second-order valence-electron chi connectivity index (χ2n) is 7.94. The zero-order valence-corrected chi connectivity index (χ0v) is 17.5. The summed E-state index contributed by atoms with van der Waals surface area (Å²) in [6.07, 6.45) is 11.3. The van der Waals surface area contributed by atoms with Crippen molar-refractivity contribution in [2.24, 2.45) is 0 Å². The summed E-state index contributed by atoms with van der Waals surface area (Å²) in [4.78, 5) is 17.7. The number of nitrogens with zero attached hydrogens (tertiary/aromatic N) is 3. The molecule has 1 atom stereocenters. The highest BCUT2D eigenvalue weighted by atomic mass is 16.6. The number of anilines is 1. The zero-order chi connectivity index (χ0) is 21.2. The van der Waals surface area contributed by atoms with Gasteiger partial charge in [0, 0.05) is 36.6 Å². The fourth-order valence-corrected chi connectivity index (χ4v) is 4.12. The number of aliphatic hydroxyl groups is 1. The van der Waals surface area contributed by atoms with Gasteiger partial charge in [0.1, 0.15) is 5.69 Å². The van der Waals surface area contributed by atoms with Crippen molar-refractivity contribution in [3.8, 4) is 11.1 Å². The lowest BCUT2D eigenvalue weighted by atomic mass is 10.0. The molecular weight excluding hydrogens is 380 g/mol. The second kappa shape index (κ2) is 11.6. The number of aromatic nitrogens is 1. The number of nitrogens with one attached hydrogen (secondary N) is 1. The number of likely N-dealkylation sites (tertiary alicyclic amines) is 1. The van der Waals surface area contributed by atoms with Gasteiger partial charge in [-0.25, -0.2) is 0 Å². The first-order valence-electron chi connectivity index (χ1n) is 11.0. The molecule has 0 bridgehead atoms. The molecule has 1 saturated heterocycles. The van der Waals surface area contributed by atoms with E-state index in [4.69, 9.17) is 0 Å². The minimum absolute atomic E-state index is 0.0940. The third-order valence-corrected chi connectivity index (χ3v) is 5.84. The average molecular weight is 413 g/mol.